The van der Waals surface area contributed by atoms with Crippen molar-refractivity contribution in [3.05, 3.63) is 10.6 Å². The van der Waals surface area contributed by atoms with Gasteiger partial charge in [-0.1, -0.05) is 0 Å². The summed E-state index contributed by atoms with van der Waals surface area (Å²) in [6, 6.07) is 0.487. The van der Waals surface area contributed by atoms with E-state index in [1.807, 2.05) is 0 Å². The molecule has 0 aliphatic carbocycles. The largest absolute Gasteiger partial charge is 0.346 e. The van der Waals surface area contributed by atoms with Crippen molar-refractivity contribution in [1.29, 1.82) is 0 Å². The normalized spacial score (nSPS) is 11.1. The van der Waals surface area contributed by atoms with Crippen LogP contribution in [0.5, 0.6) is 0 Å². The molecule has 0 spiro atoms. The van der Waals surface area contributed by atoms with Gasteiger partial charge in [0.1, 0.15) is 0 Å². The standard InChI is InChI=1S/C11H21N3S/c1-8(2)14(7-5-6-12)11-13-9(3)10(4)15-11/h8H,5-7,12H2,1-4H3. The first kappa shape index (κ1) is 12.5. The molecular weight excluding hydrogens is 206 g/mol. The lowest BCUT2D eigenvalue weighted by Crippen LogP contribution is -2.32. The fourth-order valence-electron chi connectivity index (χ4n) is 1.41. The molecule has 0 radical (unpaired) electrons. The third kappa shape index (κ3) is 3.18. The maximum atomic E-state index is 5.55. The minimum Gasteiger partial charge on any atom is -0.346 e. The summed E-state index contributed by atoms with van der Waals surface area (Å²) >= 11 is 1.78. The van der Waals surface area contributed by atoms with Crippen molar-refractivity contribution in [2.75, 3.05) is 18.0 Å². The lowest BCUT2D eigenvalue weighted by atomic mass is 10.3. The van der Waals surface area contributed by atoms with Crippen LogP contribution in [-0.2, 0) is 0 Å². The molecule has 1 rings (SSSR count). The minimum absolute atomic E-state index is 0.487. The van der Waals surface area contributed by atoms with Gasteiger partial charge in [0, 0.05) is 17.5 Å². The number of aromatic nitrogens is 1. The smallest absolute Gasteiger partial charge is 0.185 e. The number of nitrogens with zero attached hydrogens (tertiary/aromatic N) is 2. The molecule has 1 aromatic rings. The maximum Gasteiger partial charge on any atom is 0.185 e. The van der Waals surface area contributed by atoms with Crippen molar-refractivity contribution in [2.24, 2.45) is 5.73 Å². The molecule has 0 saturated carbocycles. The number of thiazole rings is 1. The van der Waals surface area contributed by atoms with Gasteiger partial charge >= 0.3 is 0 Å². The zero-order valence-corrected chi connectivity index (χ0v) is 10.9. The van der Waals surface area contributed by atoms with E-state index in [0.717, 1.165) is 30.3 Å². The van der Waals surface area contributed by atoms with Gasteiger partial charge < -0.3 is 10.6 Å². The topological polar surface area (TPSA) is 42.2 Å². The van der Waals surface area contributed by atoms with E-state index in [4.69, 9.17) is 5.73 Å². The average Bonchev–Trinajstić information content (AvgIpc) is 2.47. The molecule has 0 atom stereocenters. The fourth-order valence-corrected chi connectivity index (χ4v) is 2.48. The van der Waals surface area contributed by atoms with E-state index >= 15 is 0 Å². The van der Waals surface area contributed by atoms with Crippen molar-refractivity contribution < 1.29 is 0 Å². The molecule has 0 aromatic carbocycles. The molecule has 86 valence electrons. The summed E-state index contributed by atoms with van der Waals surface area (Å²) in [5.41, 5.74) is 6.69. The van der Waals surface area contributed by atoms with Crippen LogP contribution >= 0.6 is 11.3 Å². The number of hydrogen-bond acceptors (Lipinski definition) is 4. The second-order valence-corrected chi connectivity index (χ2v) is 5.25. The Bertz CT molecular complexity index is 287. The molecule has 4 heteroatoms. The quantitative estimate of drug-likeness (QED) is 0.839. The molecule has 0 fully saturated rings. The van der Waals surface area contributed by atoms with Gasteiger partial charge in [0.2, 0.25) is 0 Å². The second-order valence-electron chi connectivity index (χ2n) is 4.07. The molecule has 0 saturated heterocycles. The fraction of sp³-hybridized carbons (Fsp3) is 0.727. The molecular formula is C11H21N3S. The first-order valence-corrected chi connectivity index (χ1v) is 6.28. The van der Waals surface area contributed by atoms with Gasteiger partial charge in [-0.05, 0) is 40.7 Å². The summed E-state index contributed by atoms with van der Waals surface area (Å²) in [5.74, 6) is 0. The molecule has 0 aliphatic rings. The Morgan fingerprint density at radius 1 is 1.40 bits per heavy atom. The maximum absolute atomic E-state index is 5.55. The van der Waals surface area contributed by atoms with E-state index in [0.29, 0.717) is 6.04 Å². The van der Waals surface area contributed by atoms with Crippen LogP contribution in [0.25, 0.3) is 0 Å². The number of rotatable bonds is 5. The SMILES string of the molecule is Cc1nc(N(CCCN)C(C)C)sc1C. The Labute approximate surface area is 96.3 Å². The first-order chi connectivity index (χ1) is 7.06. The monoisotopic (exact) mass is 227 g/mol. The van der Waals surface area contributed by atoms with Crippen LogP contribution in [0.2, 0.25) is 0 Å². The van der Waals surface area contributed by atoms with E-state index < -0.39 is 0 Å². The Balaban J connectivity index is 2.79. The number of hydrogen-bond donors (Lipinski definition) is 1. The number of aryl methyl sites for hydroxylation is 2. The predicted octanol–water partition coefficient (Wildman–Crippen LogP) is 2.32. The van der Waals surface area contributed by atoms with Crippen molar-refractivity contribution in [3.63, 3.8) is 0 Å². The molecule has 1 aromatic heterocycles. The summed E-state index contributed by atoms with van der Waals surface area (Å²) in [6.07, 6.45) is 1.02. The lowest BCUT2D eigenvalue weighted by molar-refractivity contribution is 0.654. The highest BCUT2D eigenvalue weighted by Gasteiger charge is 2.14. The first-order valence-electron chi connectivity index (χ1n) is 5.47. The molecule has 15 heavy (non-hydrogen) atoms. The van der Waals surface area contributed by atoms with Gasteiger partial charge in [-0.3, -0.25) is 0 Å². The minimum atomic E-state index is 0.487. The third-order valence-corrected chi connectivity index (χ3v) is 3.60. The van der Waals surface area contributed by atoms with Crippen LogP contribution in [-0.4, -0.2) is 24.1 Å². The summed E-state index contributed by atoms with van der Waals surface area (Å²) < 4.78 is 0. The van der Waals surface area contributed by atoms with Crippen molar-refractivity contribution in [1.82, 2.24) is 4.98 Å². The van der Waals surface area contributed by atoms with E-state index in [1.54, 1.807) is 11.3 Å². The third-order valence-electron chi connectivity index (χ3n) is 2.49. The summed E-state index contributed by atoms with van der Waals surface area (Å²) in [4.78, 5) is 8.23. The lowest BCUT2D eigenvalue weighted by Gasteiger charge is -2.25. The Morgan fingerprint density at radius 2 is 2.07 bits per heavy atom. The van der Waals surface area contributed by atoms with Crippen LogP contribution in [0, 0.1) is 13.8 Å². The van der Waals surface area contributed by atoms with Crippen LogP contribution < -0.4 is 10.6 Å². The summed E-state index contributed by atoms with van der Waals surface area (Å²) in [5, 5.41) is 1.13. The Kier molecular flexibility index (Phi) is 4.54. The van der Waals surface area contributed by atoms with Crippen molar-refractivity contribution in [3.8, 4) is 0 Å². The van der Waals surface area contributed by atoms with E-state index in [1.165, 1.54) is 4.88 Å². The molecule has 2 N–H and O–H groups in total. The van der Waals surface area contributed by atoms with Gasteiger partial charge in [-0.15, -0.1) is 11.3 Å². The zero-order chi connectivity index (χ0) is 11.4. The Hall–Kier alpha value is -0.610. The predicted molar refractivity (Wildman–Crippen MR) is 67.7 cm³/mol. The van der Waals surface area contributed by atoms with E-state index in [2.05, 4.69) is 37.6 Å². The van der Waals surface area contributed by atoms with Crippen molar-refractivity contribution >= 4 is 16.5 Å². The average molecular weight is 227 g/mol. The molecule has 0 amide bonds. The van der Waals surface area contributed by atoms with Crippen molar-refractivity contribution in [2.45, 2.75) is 40.2 Å². The van der Waals surface area contributed by atoms with Gasteiger partial charge in [0.05, 0.1) is 5.69 Å². The molecule has 3 nitrogen and oxygen atoms in total. The molecule has 1 heterocycles. The highest BCUT2D eigenvalue weighted by molar-refractivity contribution is 7.15. The van der Waals surface area contributed by atoms with Crippen LogP contribution in [0.15, 0.2) is 0 Å². The van der Waals surface area contributed by atoms with Gasteiger partial charge in [-0.2, -0.15) is 0 Å². The van der Waals surface area contributed by atoms with E-state index in [-0.39, 0.29) is 0 Å². The van der Waals surface area contributed by atoms with Crippen LogP contribution in [0.3, 0.4) is 0 Å². The number of anilines is 1. The Morgan fingerprint density at radius 3 is 2.47 bits per heavy atom. The number of nitrogens with two attached hydrogens (primary N) is 1. The summed E-state index contributed by atoms with van der Waals surface area (Å²) in [6.45, 7) is 10.3. The van der Waals surface area contributed by atoms with Gasteiger partial charge in [0.15, 0.2) is 5.13 Å². The zero-order valence-electron chi connectivity index (χ0n) is 10.1. The second kappa shape index (κ2) is 5.47. The van der Waals surface area contributed by atoms with Gasteiger partial charge in [-0.25, -0.2) is 4.98 Å². The molecule has 0 unspecified atom stereocenters. The molecule has 0 bridgehead atoms. The highest BCUT2D eigenvalue weighted by atomic mass is 32.1. The van der Waals surface area contributed by atoms with E-state index in [9.17, 15) is 0 Å². The highest BCUT2D eigenvalue weighted by Crippen LogP contribution is 2.26. The van der Waals surface area contributed by atoms with Crippen LogP contribution in [0.4, 0.5) is 5.13 Å². The molecule has 0 aliphatic heterocycles. The van der Waals surface area contributed by atoms with Crippen LogP contribution in [0.1, 0.15) is 30.8 Å². The van der Waals surface area contributed by atoms with Gasteiger partial charge in [0.25, 0.3) is 0 Å². The summed E-state index contributed by atoms with van der Waals surface area (Å²) in [7, 11) is 0.